The summed E-state index contributed by atoms with van der Waals surface area (Å²) in [7, 11) is 0. The van der Waals surface area contributed by atoms with E-state index in [1.807, 2.05) is 18.2 Å². The van der Waals surface area contributed by atoms with Crippen LogP contribution in [0.25, 0.3) is 0 Å². The fraction of sp³-hybridized carbons (Fsp3) is 0.538. The summed E-state index contributed by atoms with van der Waals surface area (Å²) in [6.45, 7) is 11.5. The van der Waals surface area contributed by atoms with E-state index in [2.05, 4.69) is 40.8 Å². The van der Waals surface area contributed by atoms with Gasteiger partial charge >= 0.3 is 0 Å². The van der Waals surface area contributed by atoms with E-state index in [1.165, 1.54) is 0 Å². The second-order valence-corrected chi connectivity index (χ2v) is 3.90. The molecule has 0 spiro atoms. The van der Waals surface area contributed by atoms with Crippen LogP contribution in [-0.4, -0.2) is 29.8 Å². The Balaban J connectivity index is 2.66. The van der Waals surface area contributed by atoms with Crippen LogP contribution in [0.1, 0.15) is 26.0 Å². The largest absolute Gasteiger partial charge is 0.351 e. The van der Waals surface area contributed by atoms with Crippen LogP contribution in [0.15, 0.2) is 24.8 Å². The number of hydrogen-bond donors (Lipinski definition) is 1. The van der Waals surface area contributed by atoms with Crippen LogP contribution in [0, 0.1) is 0 Å². The van der Waals surface area contributed by atoms with Gasteiger partial charge in [-0.05, 0) is 25.1 Å². The van der Waals surface area contributed by atoms with Gasteiger partial charge in [0.15, 0.2) is 5.82 Å². The van der Waals surface area contributed by atoms with Gasteiger partial charge in [-0.1, -0.05) is 19.9 Å². The molecule has 0 unspecified atom stereocenters. The molecule has 0 amide bonds. The van der Waals surface area contributed by atoms with E-state index < -0.39 is 0 Å². The molecule has 94 valence electrons. The van der Waals surface area contributed by atoms with Gasteiger partial charge in [0.1, 0.15) is 0 Å². The topological polar surface area (TPSA) is 41.0 Å². The van der Waals surface area contributed by atoms with Crippen molar-refractivity contribution in [3.05, 3.63) is 30.5 Å². The molecular formula is C13H22N4. The number of aromatic nitrogens is 2. The zero-order valence-corrected chi connectivity index (χ0v) is 10.8. The van der Waals surface area contributed by atoms with Crippen LogP contribution >= 0.6 is 0 Å². The lowest BCUT2D eigenvalue weighted by molar-refractivity contribution is 0.694. The Morgan fingerprint density at radius 3 is 2.71 bits per heavy atom. The van der Waals surface area contributed by atoms with Gasteiger partial charge in [-0.2, -0.15) is 5.10 Å². The Morgan fingerprint density at radius 1 is 1.35 bits per heavy atom. The molecular weight excluding hydrogens is 212 g/mol. The summed E-state index contributed by atoms with van der Waals surface area (Å²) in [6, 6.07) is 4.05. The smallest absolute Gasteiger partial charge is 0.151 e. The van der Waals surface area contributed by atoms with Crippen LogP contribution in [-0.2, 0) is 6.54 Å². The lowest BCUT2D eigenvalue weighted by Gasteiger charge is -2.20. The van der Waals surface area contributed by atoms with E-state index in [9.17, 15) is 0 Å². The van der Waals surface area contributed by atoms with E-state index in [0.717, 1.165) is 44.1 Å². The summed E-state index contributed by atoms with van der Waals surface area (Å²) >= 11 is 0. The summed E-state index contributed by atoms with van der Waals surface area (Å²) in [6.07, 6.45) is 2.98. The van der Waals surface area contributed by atoms with Crippen molar-refractivity contribution < 1.29 is 0 Å². The molecule has 4 heteroatoms. The molecule has 4 nitrogen and oxygen atoms in total. The number of rotatable bonds is 8. The summed E-state index contributed by atoms with van der Waals surface area (Å²) in [5.41, 5.74) is 0.977. The highest BCUT2D eigenvalue weighted by Gasteiger charge is 2.05. The zero-order valence-electron chi connectivity index (χ0n) is 10.8. The van der Waals surface area contributed by atoms with E-state index in [1.54, 1.807) is 0 Å². The average Bonchev–Trinajstić information content (AvgIpc) is 2.37. The molecule has 0 bridgehead atoms. The van der Waals surface area contributed by atoms with Gasteiger partial charge in [0.25, 0.3) is 0 Å². The minimum Gasteiger partial charge on any atom is -0.351 e. The highest BCUT2D eigenvalue weighted by atomic mass is 15.3. The van der Waals surface area contributed by atoms with E-state index in [0.29, 0.717) is 0 Å². The van der Waals surface area contributed by atoms with Crippen molar-refractivity contribution in [2.45, 2.75) is 26.8 Å². The zero-order chi connectivity index (χ0) is 12.5. The summed E-state index contributed by atoms with van der Waals surface area (Å²) < 4.78 is 0. The lowest BCUT2D eigenvalue weighted by atomic mass is 10.3. The molecule has 17 heavy (non-hydrogen) atoms. The van der Waals surface area contributed by atoms with Crippen molar-refractivity contribution in [2.75, 3.05) is 24.5 Å². The highest BCUT2D eigenvalue weighted by Crippen LogP contribution is 2.10. The maximum atomic E-state index is 4.26. The summed E-state index contributed by atoms with van der Waals surface area (Å²) in [5.74, 6) is 0.923. The Kier molecular flexibility index (Phi) is 6.25. The first-order valence-corrected chi connectivity index (χ1v) is 6.21. The Hall–Kier alpha value is -1.42. The molecule has 1 N–H and O–H groups in total. The van der Waals surface area contributed by atoms with Crippen LogP contribution in [0.5, 0.6) is 0 Å². The molecule has 0 saturated heterocycles. The lowest BCUT2D eigenvalue weighted by Crippen LogP contribution is -2.25. The number of nitrogens with zero attached hydrogens (tertiary/aromatic N) is 3. The number of hydrogen-bond acceptors (Lipinski definition) is 4. The van der Waals surface area contributed by atoms with Crippen LogP contribution < -0.4 is 10.2 Å². The third-order valence-corrected chi connectivity index (χ3v) is 2.43. The molecule has 0 radical (unpaired) electrons. The Labute approximate surface area is 104 Å². The fourth-order valence-electron chi connectivity index (χ4n) is 1.59. The average molecular weight is 234 g/mol. The van der Waals surface area contributed by atoms with Gasteiger partial charge in [-0.25, -0.2) is 0 Å². The van der Waals surface area contributed by atoms with Crippen molar-refractivity contribution in [3.63, 3.8) is 0 Å². The van der Waals surface area contributed by atoms with Gasteiger partial charge in [0.2, 0.25) is 0 Å². The molecule has 0 fully saturated rings. The van der Waals surface area contributed by atoms with Gasteiger partial charge in [0.05, 0.1) is 5.69 Å². The summed E-state index contributed by atoms with van der Waals surface area (Å²) in [5, 5.41) is 11.7. The Bertz CT molecular complexity index is 321. The molecule has 0 aliphatic heterocycles. The van der Waals surface area contributed by atoms with Gasteiger partial charge < -0.3 is 10.2 Å². The summed E-state index contributed by atoms with van der Waals surface area (Å²) in [4.78, 5) is 2.18. The second kappa shape index (κ2) is 7.79. The van der Waals surface area contributed by atoms with Crippen molar-refractivity contribution in [3.8, 4) is 0 Å². The number of nitrogens with one attached hydrogen (secondary N) is 1. The molecule has 1 aromatic heterocycles. The van der Waals surface area contributed by atoms with Crippen LogP contribution in [0.2, 0.25) is 0 Å². The van der Waals surface area contributed by atoms with Crippen molar-refractivity contribution in [1.29, 1.82) is 0 Å². The predicted molar refractivity (Wildman–Crippen MR) is 72.1 cm³/mol. The molecule has 0 atom stereocenters. The molecule has 1 rings (SSSR count). The SMILES string of the molecule is C=CCN(CCC)c1ccc(CNCC)nn1. The third kappa shape index (κ3) is 4.53. The minimum atomic E-state index is 0.777. The van der Waals surface area contributed by atoms with E-state index in [4.69, 9.17) is 0 Å². The van der Waals surface area contributed by atoms with Crippen molar-refractivity contribution in [2.24, 2.45) is 0 Å². The minimum absolute atomic E-state index is 0.777. The van der Waals surface area contributed by atoms with Gasteiger partial charge in [-0.3, -0.25) is 0 Å². The van der Waals surface area contributed by atoms with Gasteiger partial charge in [-0.15, -0.1) is 11.7 Å². The van der Waals surface area contributed by atoms with Crippen molar-refractivity contribution >= 4 is 5.82 Å². The highest BCUT2D eigenvalue weighted by molar-refractivity contribution is 5.38. The standard InChI is InChI=1S/C13H22N4/c1-4-9-17(10-5-2)13-8-7-12(15-16-13)11-14-6-3/h4,7-8,14H,1,5-6,9-11H2,2-3H3. The fourth-order valence-corrected chi connectivity index (χ4v) is 1.59. The monoisotopic (exact) mass is 234 g/mol. The Morgan fingerprint density at radius 2 is 2.18 bits per heavy atom. The van der Waals surface area contributed by atoms with Crippen LogP contribution in [0.3, 0.4) is 0 Å². The third-order valence-electron chi connectivity index (χ3n) is 2.43. The van der Waals surface area contributed by atoms with Crippen LogP contribution in [0.4, 0.5) is 5.82 Å². The molecule has 0 aliphatic carbocycles. The van der Waals surface area contributed by atoms with Gasteiger partial charge in [0, 0.05) is 19.6 Å². The molecule has 1 aromatic rings. The van der Waals surface area contributed by atoms with E-state index >= 15 is 0 Å². The van der Waals surface area contributed by atoms with Crippen molar-refractivity contribution in [1.82, 2.24) is 15.5 Å². The molecule has 0 saturated carbocycles. The molecule has 0 aliphatic rings. The van der Waals surface area contributed by atoms with E-state index in [-0.39, 0.29) is 0 Å². The number of anilines is 1. The molecule has 1 heterocycles. The predicted octanol–water partition coefficient (Wildman–Crippen LogP) is 1.99. The quantitative estimate of drug-likeness (QED) is 0.698. The maximum Gasteiger partial charge on any atom is 0.151 e. The first kappa shape index (κ1) is 13.6. The maximum absolute atomic E-state index is 4.26. The normalized spacial score (nSPS) is 10.2. The molecule has 0 aromatic carbocycles. The first-order valence-electron chi connectivity index (χ1n) is 6.21. The first-order chi connectivity index (χ1) is 8.31. The second-order valence-electron chi connectivity index (χ2n) is 3.90.